The number of aliphatic carboxylic acids is 2. The maximum Gasteiger partial charge on any atom is 2.00 e. The number of carboxylic acids is 2. The summed E-state index contributed by atoms with van der Waals surface area (Å²) < 4.78 is 0. The van der Waals surface area contributed by atoms with Gasteiger partial charge >= 0.3 is 23.1 Å². The van der Waals surface area contributed by atoms with E-state index in [-0.39, 0.29) is 41.7 Å². The molecule has 0 aromatic carbocycles. The fourth-order valence-electron chi connectivity index (χ4n) is 0.741. The van der Waals surface area contributed by atoms with E-state index in [2.05, 4.69) is 0 Å². The first-order valence-corrected chi connectivity index (χ1v) is 5.07. The van der Waals surface area contributed by atoms with E-state index in [9.17, 15) is 19.8 Å². The Morgan fingerprint density at radius 3 is 1.17 bits per heavy atom. The molecule has 4 N–H and O–H groups in total. The van der Waals surface area contributed by atoms with E-state index >= 15 is 0 Å². The van der Waals surface area contributed by atoms with Crippen LogP contribution < -0.4 is 10.2 Å². The minimum Gasteiger partial charge on any atom is -0.550 e. The largest absolute Gasteiger partial charge is 2.00 e. The van der Waals surface area contributed by atoms with Crippen molar-refractivity contribution in [2.24, 2.45) is 11.8 Å². The van der Waals surface area contributed by atoms with Gasteiger partial charge in [0.05, 0.1) is 13.2 Å². The van der Waals surface area contributed by atoms with Crippen molar-refractivity contribution in [1.29, 1.82) is 0 Å². The molecule has 104 valence electrons. The van der Waals surface area contributed by atoms with E-state index in [1.54, 1.807) is 13.8 Å². The van der Waals surface area contributed by atoms with Crippen molar-refractivity contribution in [3.63, 3.8) is 0 Å². The fraction of sp³-hybridized carbons (Fsp3) is 0.800. The zero-order valence-electron chi connectivity index (χ0n) is 10.7. The van der Waals surface area contributed by atoms with Crippen molar-refractivity contribution in [2.75, 3.05) is 13.2 Å². The molecule has 0 saturated heterocycles. The molecule has 0 aliphatic carbocycles. The van der Waals surface area contributed by atoms with Crippen molar-refractivity contribution in [1.82, 2.24) is 0 Å². The summed E-state index contributed by atoms with van der Waals surface area (Å²) in [6.45, 7) is 2.74. The van der Waals surface area contributed by atoms with Gasteiger partial charge in [0, 0.05) is 23.8 Å². The summed E-state index contributed by atoms with van der Waals surface area (Å²) in [6.07, 6.45) is 0.859. The number of carbonyl (C=O) groups is 2. The first-order chi connectivity index (χ1) is 7.44. The average molecular weight is 277 g/mol. The third kappa shape index (κ3) is 13.7. The molecule has 8 heteroatoms. The van der Waals surface area contributed by atoms with Crippen LogP contribution in [-0.2, 0) is 9.59 Å². The minimum atomic E-state index is -1.17. The number of carbonyl (C=O) groups excluding carboxylic acids is 2. The van der Waals surface area contributed by atoms with Gasteiger partial charge in [0.2, 0.25) is 0 Å². The number of aliphatic hydroxyl groups is 2. The summed E-state index contributed by atoms with van der Waals surface area (Å²) in [7, 11) is 0. The van der Waals surface area contributed by atoms with E-state index in [0.717, 1.165) is 0 Å². The van der Waals surface area contributed by atoms with Gasteiger partial charge in [-0.15, -0.1) is 0 Å². The number of carboxylic acid groups (broad SMARTS) is 2. The van der Waals surface area contributed by atoms with Crippen LogP contribution in [0.3, 0.4) is 0 Å². The Labute approximate surface area is 122 Å². The van der Waals surface area contributed by atoms with E-state index in [4.69, 9.17) is 10.2 Å². The molecule has 0 aromatic rings. The zero-order chi connectivity index (χ0) is 13.1. The van der Waals surface area contributed by atoms with E-state index < -0.39 is 23.8 Å². The molecule has 0 heterocycles. The molecular weight excluding hydrogens is 256 g/mol. The second-order valence-electron chi connectivity index (χ2n) is 3.21. The SMILES string of the molecule is CCC(CO)C(=O)[O-].CCC(CO)C(=O)[O-].O.[Mg+2]. The predicted molar refractivity (Wildman–Crippen MR) is 61.1 cm³/mol. The standard InChI is InChI=1S/2C5H10O3.Mg.H2O/c2*1-2-4(3-6)5(7)8;;/h2*4,6H,2-3H2,1H3,(H,7,8);;1H2/q;;+2;/p-2. The summed E-state index contributed by atoms with van der Waals surface area (Å²) >= 11 is 0. The van der Waals surface area contributed by atoms with Crippen molar-refractivity contribution in [3.8, 4) is 0 Å². The zero-order valence-corrected chi connectivity index (χ0v) is 12.1. The Morgan fingerprint density at radius 1 is 0.944 bits per heavy atom. The van der Waals surface area contributed by atoms with Gasteiger partial charge in [-0.25, -0.2) is 0 Å². The van der Waals surface area contributed by atoms with Gasteiger partial charge < -0.3 is 35.5 Å². The smallest absolute Gasteiger partial charge is 0.550 e. The summed E-state index contributed by atoms with van der Waals surface area (Å²) in [4.78, 5) is 19.8. The molecular formula is C10H20MgO7. The molecule has 0 bridgehead atoms. The molecule has 0 amide bonds. The molecule has 0 rings (SSSR count). The Balaban J connectivity index is -0.0000000980. The van der Waals surface area contributed by atoms with Crippen LogP contribution >= 0.6 is 0 Å². The van der Waals surface area contributed by atoms with Crippen LogP contribution in [-0.4, -0.2) is 63.9 Å². The van der Waals surface area contributed by atoms with Gasteiger partial charge in [0.1, 0.15) is 0 Å². The molecule has 7 nitrogen and oxygen atoms in total. The van der Waals surface area contributed by atoms with Gasteiger partial charge in [0.25, 0.3) is 0 Å². The van der Waals surface area contributed by atoms with Crippen LogP contribution in [0.15, 0.2) is 0 Å². The average Bonchev–Trinajstić information content (AvgIpc) is 2.21. The Kier molecular flexibility index (Phi) is 24.2. The van der Waals surface area contributed by atoms with Crippen LogP contribution in [0, 0.1) is 11.8 Å². The van der Waals surface area contributed by atoms with Crippen molar-refractivity contribution in [3.05, 3.63) is 0 Å². The van der Waals surface area contributed by atoms with E-state index in [1.165, 1.54) is 0 Å². The Bertz CT molecular complexity index is 180. The van der Waals surface area contributed by atoms with Crippen molar-refractivity contribution in [2.45, 2.75) is 26.7 Å². The summed E-state index contributed by atoms with van der Waals surface area (Å²) in [5.74, 6) is -3.71. The van der Waals surface area contributed by atoms with Crippen LogP contribution in [0.5, 0.6) is 0 Å². The molecule has 0 aliphatic heterocycles. The molecule has 0 aliphatic rings. The number of aliphatic hydroxyl groups excluding tert-OH is 2. The van der Waals surface area contributed by atoms with Gasteiger partial charge in [-0.3, -0.25) is 0 Å². The first-order valence-electron chi connectivity index (χ1n) is 5.07. The minimum absolute atomic E-state index is 0. The van der Waals surface area contributed by atoms with Gasteiger partial charge in [-0.05, 0) is 12.8 Å². The molecule has 2 atom stereocenters. The summed E-state index contributed by atoms with van der Waals surface area (Å²) in [5.41, 5.74) is 0. The maximum atomic E-state index is 9.89. The second-order valence-corrected chi connectivity index (χ2v) is 3.21. The fourth-order valence-corrected chi connectivity index (χ4v) is 0.741. The monoisotopic (exact) mass is 276 g/mol. The number of rotatable bonds is 6. The molecule has 0 spiro atoms. The van der Waals surface area contributed by atoms with Crippen LogP contribution in [0.25, 0.3) is 0 Å². The molecule has 0 saturated carbocycles. The normalized spacial score (nSPS) is 11.8. The van der Waals surface area contributed by atoms with Crippen LogP contribution in [0.1, 0.15) is 26.7 Å². The third-order valence-corrected chi connectivity index (χ3v) is 2.09. The topological polar surface area (TPSA) is 152 Å². The second kappa shape index (κ2) is 16.6. The van der Waals surface area contributed by atoms with Gasteiger partial charge in [-0.2, -0.15) is 0 Å². The molecule has 2 unspecified atom stereocenters. The van der Waals surface area contributed by atoms with Gasteiger partial charge in [-0.1, -0.05) is 13.8 Å². The predicted octanol–water partition coefficient (Wildman–Crippen LogP) is -3.70. The van der Waals surface area contributed by atoms with E-state index in [1.807, 2.05) is 0 Å². The maximum absolute atomic E-state index is 9.89. The Hall–Kier alpha value is -0.414. The van der Waals surface area contributed by atoms with Crippen LogP contribution in [0.2, 0.25) is 0 Å². The van der Waals surface area contributed by atoms with E-state index in [0.29, 0.717) is 12.8 Å². The quantitative estimate of drug-likeness (QED) is 0.476. The first kappa shape index (κ1) is 26.2. The molecule has 0 fully saturated rings. The summed E-state index contributed by atoms with van der Waals surface area (Å²) in [5, 5.41) is 36.3. The number of hydrogen-bond acceptors (Lipinski definition) is 6. The summed E-state index contributed by atoms with van der Waals surface area (Å²) in [6, 6.07) is 0. The number of hydrogen-bond donors (Lipinski definition) is 2. The molecule has 18 heavy (non-hydrogen) atoms. The third-order valence-electron chi connectivity index (χ3n) is 2.09. The molecule has 0 aromatic heterocycles. The van der Waals surface area contributed by atoms with Crippen LogP contribution in [0.4, 0.5) is 0 Å². The van der Waals surface area contributed by atoms with Crippen molar-refractivity contribution >= 4 is 35.0 Å². The Morgan fingerprint density at radius 2 is 1.17 bits per heavy atom. The van der Waals surface area contributed by atoms with Crippen molar-refractivity contribution < 1.29 is 35.5 Å². The molecule has 0 radical (unpaired) electrons. The van der Waals surface area contributed by atoms with Gasteiger partial charge in [0.15, 0.2) is 0 Å².